The number of fused-ring (bicyclic) bond motifs is 1. The van der Waals surface area contributed by atoms with Gasteiger partial charge in [0.05, 0.1) is 5.88 Å². The molecule has 0 radical (unpaired) electrons. The van der Waals surface area contributed by atoms with Crippen molar-refractivity contribution in [3.8, 4) is 5.75 Å². The van der Waals surface area contributed by atoms with Crippen LogP contribution in [-0.2, 0) is 0 Å². The van der Waals surface area contributed by atoms with E-state index in [1.54, 1.807) is 18.2 Å². The Balaban J connectivity index is 2.39. The standard InChI is InChI=1S/C10H9ClO2/c11-7-10(12)6-5-8-3-1-2-4-9(8)13-10/h1-6,12H,7H2. The molecule has 1 aromatic carbocycles. The first-order valence-electron chi connectivity index (χ1n) is 3.99. The van der Waals surface area contributed by atoms with Gasteiger partial charge in [0.15, 0.2) is 0 Å². The minimum atomic E-state index is -1.35. The Morgan fingerprint density at radius 2 is 2.15 bits per heavy atom. The number of halogens is 1. The molecule has 0 aliphatic carbocycles. The Morgan fingerprint density at radius 1 is 1.38 bits per heavy atom. The summed E-state index contributed by atoms with van der Waals surface area (Å²) in [6.07, 6.45) is 3.36. The van der Waals surface area contributed by atoms with Crippen molar-refractivity contribution >= 4 is 17.7 Å². The molecular formula is C10H9ClO2. The second-order valence-electron chi connectivity index (χ2n) is 2.95. The van der Waals surface area contributed by atoms with E-state index in [9.17, 15) is 5.11 Å². The Morgan fingerprint density at radius 3 is 2.92 bits per heavy atom. The first-order chi connectivity index (χ1) is 6.23. The molecule has 0 bridgehead atoms. The molecule has 3 heteroatoms. The van der Waals surface area contributed by atoms with Gasteiger partial charge in [-0.2, -0.15) is 0 Å². The zero-order chi connectivity index (χ0) is 9.31. The number of hydrogen-bond acceptors (Lipinski definition) is 2. The molecule has 1 aliphatic rings. The maximum atomic E-state index is 9.69. The van der Waals surface area contributed by atoms with Crippen molar-refractivity contribution in [3.05, 3.63) is 35.9 Å². The Hall–Kier alpha value is -0.990. The number of aliphatic hydroxyl groups is 1. The molecule has 0 spiro atoms. The van der Waals surface area contributed by atoms with Crippen LogP contribution in [0.15, 0.2) is 30.3 Å². The Bertz CT molecular complexity index is 349. The summed E-state index contributed by atoms with van der Waals surface area (Å²) in [4.78, 5) is 0. The molecule has 0 fully saturated rings. The highest BCUT2D eigenvalue weighted by molar-refractivity contribution is 6.18. The van der Waals surface area contributed by atoms with Gasteiger partial charge in [-0.3, -0.25) is 0 Å². The van der Waals surface area contributed by atoms with E-state index >= 15 is 0 Å². The minimum Gasteiger partial charge on any atom is -0.457 e. The van der Waals surface area contributed by atoms with Crippen molar-refractivity contribution in [1.82, 2.24) is 0 Å². The van der Waals surface area contributed by atoms with Crippen molar-refractivity contribution in [3.63, 3.8) is 0 Å². The second kappa shape index (κ2) is 3.05. The monoisotopic (exact) mass is 196 g/mol. The highest BCUT2D eigenvalue weighted by atomic mass is 35.5. The average molecular weight is 197 g/mol. The van der Waals surface area contributed by atoms with Crippen LogP contribution >= 0.6 is 11.6 Å². The molecule has 0 saturated heterocycles. The smallest absolute Gasteiger partial charge is 0.241 e. The lowest BCUT2D eigenvalue weighted by molar-refractivity contribution is -0.0756. The fourth-order valence-corrected chi connectivity index (χ4v) is 1.37. The van der Waals surface area contributed by atoms with E-state index in [4.69, 9.17) is 16.3 Å². The van der Waals surface area contributed by atoms with Crippen LogP contribution < -0.4 is 4.74 Å². The van der Waals surface area contributed by atoms with Gasteiger partial charge in [-0.05, 0) is 18.2 Å². The zero-order valence-corrected chi connectivity index (χ0v) is 7.66. The largest absolute Gasteiger partial charge is 0.457 e. The van der Waals surface area contributed by atoms with Gasteiger partial charge in [0.1, 0.15) is 5.75 Å². The summed E-state index contributed by atoms with van der Waals surface area (Å²) < 4.78 is 5.31. The lowest BCUT2D eigenvalue weighted by atomic mass is 10.1. The number of ether oxygens (including phenoxy) is 1. The summed E-state index contributed by atoms with van der Waals surface area (Å²) in [6.45, 7) is 0. The van der Waals surface area contributed by atoms with Crippen LogP contribution in [-0.4, -0.2) is 16.8 Å². The number of rotatable bonds is 1. The predicted molar refractivity (Wildman–Crippen MR) is 51.8 cm³/mol. The van der Waals surface area contributed by atoms with Crippen LogP contribution in [0, 0.1) is 0 Å². The van der Waals surface area contributed by atoms with Gasteiger partial charge in [0.25, 0.3) is 0 Å². The molecule has 1 atom stereocenters. The van der Waals surface area contributed by atoms with Crippen LogP contribution in [0.25, 0.3) is 6.08 Å². The quantitative estimate of drug-likeness (QED) is 0.697. The van der Waals surface area contributed by atoms with Gasteiger partial charge in [-0.15, -0.1) is 11.6 Å². The molecule has 68 valence electrons. The summed E-state index contributed by atoms with van der Waals surface area (Å²) >= 11 is 5.56. The summed E-state index contributed by atoms with van der Waals surface area (Å²) in [5.74, 6) is -0.665. The lowest BCUT2D eigenvalue weighted by Crippen LogP contribution is -2.37. The molecule has 0 aromatic heterocycles. The highest BCUT2D eigenvalue weighted by Crippen LogP contribution is 2.29. The molecular weight excluding hydrogens is 188 g/mol. The molecule has 1 aliphatic heterocycles. The van der Waals surface area contributed by atoms with Crippen LogP contribution in [0.4, 0.5) is 0 Å². The summed E-state index contributed by atoms with van der Waals surface area (Å²) in [7, 11) is 0. The normalized spacial score (nSPS) is 25.1. The summed E-state index contributed by atoms with van der Waals surface area (Å²) in [5, 5.41) is 9.69. The van der Waals surface area contributed by atoms with E-state index in [2.05, 4.69) is 0 Å². The molecule has 1 heterocycles. The molecule has 2 nitrogen and oxygen atoms in total. The van der Waals surface area contributed by atoms with E-state index in [0.29, 0.717) is 5.75 Å². The molecule has 2 rings (SSSR count). The fraction of sp³-hybridized carbons (Fsp3) is 0.200. The lowest BCUT2D eigenvalue weighted by Gasteiger charge is -2.27. The number of hydrogen-bond donors (Lipinski definition) is 1. The van der Waals surface area contributed by atoms with Gasteiger partial charge in [-0.25, -0.2) is 0 Å². The van der Waals surface area contributed by atoms with Gasteiger partial charge in [-0.1, -0.05) is 18.2 Å². The van der Waals surface area contributed by atoms with Crippen molar-refractivity contribution in [1.29, 1.82) is 0 Å². The van der Waals surface area contributed by atoms with Crippen molar-refractivity contribution in [2.45, 2.75) is 5.79 Å². The maximum Gasteiger partial charge on any atom is 0.241 e. The second-order valence-corrected chi connectivity index (χ2v) is 3.22. The minimum absolute atomic E-state index is 0.0256. The molecule has 1 aromatic rings. The molecule has 1 N–H and O–H groups in total. The zero-order valence-electron chi connectivity index (χ0n) is 6.90. The van der Waals surface area contributed by atoms with E-state index in [1.807, 2.05) is 18.2 Å². The van der Waals surface area contributed by atoms with Crippen LogP contribution in [0.2, 0.25) is 0 Å². The first-order valence-corrected chi connectivity index (χ1v) is 4.53. The van der Waals surface area contributed by atoms with Crippen molar-refractivity contribution in [2.24, 2.45) is 0 Å². The summed E-state index contributed by atoms with van der Waals surface area (Å²) in [6, 6.07) is 7.49. The average Bonchev–Trinajstić information content (AvgIpc) is 2.18. The number of para-hydroxylation sites is 1. The van der Waals surface area contributed by atoms with Crippen LogP contribution in [0.1, 0.15) is 5.56 Å². The fourth-order valence-electron chi connectivity index (χ4n) is 1.23. The van der Waals surface area contributed by atoms with Crippen LogP contribution in [0.3, 0.4) is 0 Å². The van der Waals surface area contributed by atoms with Gasteiger partial charge >= 0.3 is 0 Å². The van der Waals surface area contributed by atoms with E-state index < -0.39 is 5.79 Å². The maximum absolute atomic E-state index is 9.69. The van der Waals surface area contributed by atoms with E-state index in [-0.39, 0.29) is 5.88 Å². The SMILES string of the molecule is OC1(CCl)C=Cc2ccccc2O1. The van der Waals surface area contributed by atoms with Crippen molar-refractivity contribution in [2.75, 3.05) is 5.88 Å². The van der Waals surface area contributed by atoms with E-state index in [0.717, 1.165) is 5.56 Å². The molecule has 0 amide bonds. The Labute approximate surface area is 81.4 Å². The summed E-state index contributed by atoms with van der Waals surface area (Å²) in [5.41, 5.74) is 0.956. The molecule has 13 heavy (non-hydrogen) atoms. The third-order valence-electron chi connectivity index (χ3n) is 1.92. The van der Waals surface area contributed by atoms with Crippen molar-refractivity contribution < 1.29 is 9.84 Å². The Kier molecular flexibility index (Phi) is 2.02. The van der Waals surface area contributed by atoms with Crippen LogP contribution in [0.5, 0.6) is 5.75 Å². The topological polar surface area (TPSA) is 29.5 Å². The highest BCUT2D eigenvalue weighted by Gasteiger charge is 2.28. The molecule has 1 unspecified atom stereocenters. The van der Waals surface area contributed by atoms with Gasteiger partial charge in [0, 0.05) is 5.56 Å². The number of benzene rings is 1. The third kappa shape index (κ3) is 1.55. The molecule has 0 saturated carbocycles. The first kappa shape index (κ1) is 8.60. The van der Waals surface area contributed by atoms with Gasteiger partial charge in [0.2, 0.25) is 5.79 Å². The predicted octanol–water partition coefficient (Wildman–Crippen LogP) is 2.02. The third-order valence-corrected chi connectivity index (χ3v) is 2.30. The number of alkyl halides is 1. The van der Waals surface area contributed by atoms with E-state index in [1.165, 1.54) is 0 Å². The van der Waals surface area contributed by atoms with Gasteiger partial charge < -0.3 is 9.84 Å².